The van der Waals surface area contributed by atoms with Crippen LogP contribution < -0.4 is 15.4 Å². The van der Waals surface area contributed by atoms with E-state index in [0.29, 0.717) is 21.0 Å². The number of carbonyl (C=O) groups is 1. The second-order valence-corrected chi connectivity index (χ2v) is 8.81. The van der Waals surface area contributed by atoms with Crippen molar-refractivity contribution >= 4 is 56.8 Å². The second kappa shape index (κ2) is 9.29. The van der Waals surface area contributed by atoms with Crippen LogP contribution in [0.4, 0.5) is 9.93 Å². The zero-order valence-electron chi connectivity index (χ0n) is 15.8. The third kappa shape index (κ3) is 4.99. The molecule has 0 aliphatic rings. The number of pyridine rings is 1. The van der Waals surface area contributed by atoms with Crippen molar-refractivity contribution in [1.29, 1.82) is 0 Å². The Labute approximate surface area is 185 Å². The number of halogens is 1. The van der Waals surface area contributed by atoms with Crippen LogP contribution in [0.1, 0.15) is 5.56 Å². The summed E-state index contributed by atoms with van der Waals surface area (Å²) < 4.78 is 5.89. The molecule has 0 fully saturated rings. The van der Waals surface area contributed by atoms with Crippen LogP contribution in [0.15, 0.2) is 64.0 Å². The third-order valence-electron chi connectivity index (χ3n) is 4.08. The van der Waals surface area contributed by atoms with Crippen LogP contribution in [0.2, 0.25) is 5.02 Å². The molecular formula is C20H16ClN5O2S2. The van der Waals surface area contributed by atoms with E-state index in [2.05, 4.69) is 25.8 Å². The number of benzene rings is 2. The molecule has 2 heterocycles. The molecule has 2 aromatic carbocycles. The maximum Gasteiger partial charge on any atom is 0.321 e. The quantitative estimate of drug-likeness (QED) is 0.386. The summed E-state index contributed by atoms with van der Waals surface area (Å²) in [6.45, 7) is 0.370. The summed E-state index contributed by atoms with van der Waals surface area (Å²) in [6.07, 6.45) is 1.73. The number of ether oxygens (including phenoxy) is 1. The number of fused-ring (bicyclic) bond motifs is 1. The van der Waals surface area contributed by atoms with Crippen molar-refractivity contribution < 1.29 is 9.53 Å². The minimum absolute atomic E-state index is 0.352. The molecule has 7 nitrogen and oxygen atoms in total. The normalized spacial score (nSPS) is 10.7. The number of aromatic nitrogens is 3. The van der Waals surface area contributed by atoms with Gasteiger partial charge < -0.3 is 10.1 Å². The minimum Gasteiger partial charge on any atom is -0.497 e. The van der Waals surface area contributed by atoms with Crippen LogP contribution in [-0.2, 0) is 6.54 Å². The zero-order valence-corrected chi connectivity index (χ0v) is 18.1. The van der Waals surface area contributed by atoms with Gasteiger partial charge in [-0.3, -0.25) is 10.3 Å². The number of methoxy groups -OCH3 is 1. The van der Waals surface area contributed by atoms with E-state index in [9.17, 15) is 4.79 Å². The molecule has 0 aliphatic heterocycles. The number of carbonyl (C=O) groups excluding carboxylic acids is 1. The summed E-state index contributed by atoms with van der Waals surface area (Å²) in [5, 5.41) is 15.7. The summed E-state index contributed by atoms with van der Waals surface area (Å²) in [7, 11) is 1.61. The summed E-state index contributed by atoms with van der Waals surface area (Å²) in [6, 6.07) is 14.6. The van der Waals surface area contributed by atoms with Crippen LogP contribution in [0.5, 0.6) is 5.75 Å². The van der Waals surface area contributed by atoms with Gasteiger partial charge in [0.25, 0.3) is 0 Å². The highest BCUT2D eigenvalue weighted by Crippen LogP contribution is 2.36. The van der Waals surface area contributed by atoms with Crippen molar-refractivity contribution in [3.8, 4) is 5.75 Å². The lowest BCUT2D eigenvalue weighted by Crippen LogP contribution is -2.28. The van der Waals surface area contributed by atoms with E-state index in [1.165, 1.54) is 23.1 Å². The molecule has 0 radical (unpaired) electrons. The fraction of sp³-hybridized carbons (Fsp3) is 0.100. The molecule has 0 atom stereocenters. The second-order valence-electron chi connectivity index (χ2n) is 6.10. The van der Waals surface area contributed by atoms with E-state index in [0.717, 1.165) is 27.1 Å². The van der Waals surface area contributed by atoms with Crippen LogP contribution in [0.25, 0.3) is 10.9 Å². The van der Waals surface area contributed by atoms with E-state index >= 15 is 0 Å². The molecule has 2 aromatic heterocycles. The maximum atomic E-state index is 12.2. The average Bonchev–Trinajstić information content (AvgIpc) is 3.19. The van der Waals surface area contributed by atoms with Gasteiger partial charge in [-0.05, 0) is 35.9 Å². The number of hydrogen-bond donors (Lipinski definition) is 2. The summed E-state index contributed by atoms with van der Waals surface area (Å²) in [5.74, 6) is 0.742. The van der Waals surface area contributed by atoms with Crippen molar-refractivity contribution in [2.45, 2.75) is 15.8 Å². The predicted octanol–water partition coefficient (Wildman–Crippen LogP) is 5.22. The SMILES string of the molecule is COc1cccc(CNC(=O)Nc2nnc(Sc3ccnc4cc(Cl)ccc34)s2)c1. The summed E-state index contributed by atoms with van der Waals surface area (Å²) in [4.78, 5) is 17.5. The van der Waals surface area contributed by atoms with Crippen molar-refractivity contribution in [3.63, 3.8) is 0 Å². The summed E-state index contributed by atoms with van der Waals surface area (Å²) >= 11 is 8.80. The fourth-order valence-electron chi connectivity index (χ4n) is 2.69. The Morgan fingerprint density at radius 1 is 1.20 bits per heavy atom. The van der Waals surface area contributed by atoms with E-state index in [1.54, 1.807) is 13.3 Å². The molecule has 0 bridgehead atoms. The first kappa shape index (κ1) is 20.4. The van der Waals surface area contributed by atoms with Crippen LogP contribution in [0.3, 0.4) is 0 Å². The highest BCUT2D eigenvalue weighted by atomic mass is 35.5. The highest BCUT2D eigenvalue weighted by Gasteiger charge is 2.11. The Kier molecular flexibility index (Phi) is 6.32. The Hall–Kier alpha value is -2.88. The predicted molar refractivity (Wildman–Crippen MR) is 120 cm³/mol. The topological polar surface area (TPSA) is 89.0 Å². The van der Waals surface area contributed by atoms with Gasteiger partial charge in [-0.15, -0.1) is 10.2 Å². The van der Waals surface area contributed by atoms with Crippen molar-refractivity contribution in [1.82, 2.24) is 20.5 Å². The lowest BCUT2D eigenvalue weighted by atomic mass is 10.2. The molecule has 0 aliphatic carbocycles. The number of nitrogens with one attached hydrogen (secondary N) is 2. The largest absolute Gasteiger partial charge is 0.497 e. The molecule has 0 spiro atoms. The lowest BCUT2D eigenvalue weighted by molar-refractivity contribution is 0.251. The molecule has 0 saturated carbocycles. The molecule has 0 saturated heterocycles. The van der Waals surface area contributed by atoms with Crippen LogP contribution >= 0.6 is 34.7 Å². The Morgan fingerprint density at radius 3 is 2.97 bits per heavy atom. The Morgan fingerprint density at radius 2 is 2.10 bits per heavy atom. The average molecular weight is 458 g/mol. The van der Waals surface area contributed by atoms with Crippen LogP contribution in [0, 0.1) is 0 Å². The van der Waals surface area contributed by atoms with Crippen molar-refractivity contribution in [2.75, 3.05) is 12.4 Å². The van der Waals surface area contributed by atoms with Gasteiger partial charge in [0.15, 0.2) is 4.34 Å². The van der Waals surface area contributed by atoms with Gasteiger partial charge in [0.05, 0.1) is 12.6 Å². The lowest BCUT2D eigenvalue weighted by Gasteiger charge is -2.06. The number of amides is 2. The molecule has 4 rings (SSSR count). The van der Waals surface area contributed by atoms with Crippen LogP contribution in [-0.4, -0.2) is 28.3 Å². The minimum atomic E-state index is -0.352. The highest BCUT2D eigenvalue weighted by molar-refractivity contribution is 8.01. The molecule has 4 aromatic rings. The van der Waals surface area contributed by atoms with E-state index in [4.69, 9.17) is 16.3 Å². The molecule has 30 heavy (non-hydrogen) atoms. The first-order valence-electron chi connectivity index (χ1n) is 8.84. The Balaban J connectivity index is 1.38. The van der Waals surface area contributed by atoms with Gasteiger partial charge in [0.1, 0.15) is 5.75 Å². The number of rotatable bonds is 6. The monoisotopic (exact) mass is 457 g/mol. The molecule has 152 valence electrons. The van der Waals surface area contributed by atoms with Gasteiger partial charge in [-0.1, -0.05) is 52.9 Å². The van der Waals surface area contributed by atoms with Crippen molar-refractivity contribution in [3.05, 3.63) is 65.3 Å². The number of anilines is 1. The van der Waals surface area contributed by atoms with Gasteiger partial charge in [0, 0.05) is 28.0 Å². The van der Waals surface area contributed by atoms with E-state index < -0.39 is 0 Å². The summed E-state index contributed by atoms with van der Waals surface area (Å²) in [5.41, 5.74) is 1.75. The molecular weight excluding hydrogens is 442 g/mol. The molecule has 0 unspecified atom stereocenters. The van der Waals surface area contributed by atoms with Gasteiger partial charge in [-0.2, -0.15) is 0 Å². The van der Waals surface area contributed by atoms with Gasteiger partial charge in [0.2, 0.25) is 5.13 Å². The maximum absolute atomic E-state index is 12.2. The fourth-order valence-corrected chi connectivity index (χ4v) is 4.68. The van der Waals surface area contributed by atoms with Crippen molar-refractivity contribution in [2.24, 2.45) is 0 Å². The smallest absolute Gasteiger partial charge is 0.321 e. The van der Waals surface area contributed by atoms with Gasteiger partial charge >= 0.3 is 6.03 Å². The number of nitrogens with zero attached hydrogens (tertiary/aromatic N) is 3. The first-order chi connectivity index (χ1) is 14.6. The number of urea groups is 1. The zero-order chi connectivity index (χ0) is 20.9. The molecule has 2 N–H and O–H groups in total. The Bertz CT molecular complexity index is 1200. The first-order valence-corrected chi connectivity index (χ1v) is 10.9. The van der Waals surface area contributed by atoms with Gasteiger partial charge in [-0.25, -0.2) is 4.79 Å². The number of hydrogen-bond acceptors (Lipinski definition) is 7. The molecule has 2 amide bonds. The van der Waals surface area contributed by atoms with E-state index in [1.807, 2.05) is 48.5 Å². The molecule has 10 heteroatoms. The third-order valence-corrected chi connectivity index (χ3v) is 6.28. The van der Waals surface area contributed by atoms with E-state index in [-0.39, 0.29) is 6.03 Å². The standard InChI is InChI=1S/C20H16ClN5O2S2/c1-28-14-4-2-3-12(9-14)11-23-18(27)24-19-25-26-20(30-19)29-17-7-8-22-16-10-13(21)5-6-15(16)17/h2-10H,11H2,1H3,(H2,23,24,25,27).